The van der Waals surface area contributed by atoms with Gasteiger partial charge in [-0.25, -0.2) is 0 Å². The second kappa shape index (κ2) is 5.48. The van der Waals surface area contributed by atoms with E-state index in [1.165, 1.54) is 12.1 Å². The van der Waals surface area contributed by atoms with Crippen molar-refractivity contribution < 1.29 is 24.2 Å². The first kappa shape index (κ1) is 13.0. The van der Waals surface area contributed by atoms with Gasteiger partial charge in [0, 0.05) is 12.5 Å². The van der Waals surface area contributed by atoms with E-state index in [0.717, 1.165) is 17.9 Å². The van der Waals surface area contributed by atoms with Crippen LogP contribution in [0.3, 0.4) is 0 Å². The molecule has 0 fully saturated rings. The summed E-state index contributed by atoms with van der Waals surface area (Å²) in [6.07, 6.45) is 2.47. The van der Waals surface area contributed by atoms with Gasteiger partial charge in [0.1, 0.15) is 5.75 Å². The number of ether oxygens (including phenoxy) is 1. The van der Waals surface area contributed by atoms with Crippen LogP contribution in [-0.4, -0.2) is 22.6 Å². The number of phenolic OH excluding ortho intramolecular Hbond substituents is 1. The number of aromatic hydroxyl groups is 1. The van der Waals surface area contributed by atoms with Crippen molar-refractivity contribution in [1.29, 1.82) is 0 Å². The van der Waals surface area contributed by atoms with Gasteiger partial charge in [0.25, 0.3) is 0 Å². The summed E-state index contributed by atoms with van der Waals surface area (Å²) in [7, 11) is 0. The molecule has 0 saturated heterocycles. The van der Waals surface area contributed by atoms with Crippen molar-refractivity contribution in [2.24, 2.45) is 5.92 Å². The first-order chi connectivity index (χ1) is 9.08. The van der Waals surface area contributed by atoms with E-state index >= 15 is 0 Å². The number of ketones is 2. The Morgan fingerprint density at radius 2 is 2.11 bits per heavy atom. The summed E-state index contributed by atoms with van der Waals surface area (Å²) in [5, 5.41) is 9.29. The Balaban J connectivity index is 2.00. The van der Waals surface area contributed by atoms with E-state index in [0.29, 0.717) is 6.42 Å². The molecule has 1 aromatic carbocycles. The average molecular weight is 260 g/mol. The lowest BCUT2D eigenvalue weighted by Gasteiger charge is -2.13. The number of benzene rings is 1. The predicted molar refractivity (Wildman–Crippen MR) is 65.2 cm³/mol. The van der Waals surface area contributed by atoms with Crippen molar-refractivity contribution in [3.8, 4) is 5.75 Å². The normalized spacial score (nSPS) is 18.2. The van der Waals surface area contributed by atoms with Gasteiger partial charge in [-0.3, -0.25) is 14.4 Å². The number of rotatable bonds is 4. The molecule has 98 valence electrons. The van der Waals surface area contributed by atoms with Crippen molar-refractivity contribution in [3.63, 3.8) is 0 Å². The fraction of sp³-hybridized carbons (Fsp3) is 0.214. The number of allylic oxidation sites excluding steroid dienone is 1. The quantitative estimate of drug-likeness (QED) is 0.648. The molecule has 1 unspecified atom stereocenters. The highest BCUT2D eigenvalue weighted by Gasteiger charge is 2.35. The maximum absolute atomic E-state index is 11.9. The fourth-order valence-corrected chi connectivity index (χ4v) is 1.86. The molecule has 1 aromatic rings. The number of hydrogen-bond acceptors (Lipinski definition) is 5. The predicted octanol–water partition coefficient (Wildman–Crippen LogP) is 1.15. The molecule has 5 nitrogen and oxygen atoms in total. The number of aryl methyl sites for hydroxylation is 1. The van der Waals surface area contributed by atoms with E-state index < -0.39 is 23.5 Å². The van der Waals surface area contributed by atoms with Crippen molar-refractivity contribution in [1.82, 2.24) is 0 Å². The lowest BCUT2D eigenvalue weighted by Crippen LogP contribution is -2.34. The average Bonchev–Trinajstić information content (AvgIpc) is 2.36. The van der Waals surface area contributed by atoms with Crippen molar-refractivity contribution in [2.45, 2.75) is 12.8 Å². The zero-order valence-electron chi connectivity index (χ0n) is 10.0. The number of phenols is 1. The molecular formula is C14H12O5. The second-order valence-electron chi connectivity index (χ2n) is 4.21. The van der Waals surface area contributed by atoms with Crippen LogP contribution in [0, 0.1) is 5.92 Å². The van der Waals surface area contributed by atoms with E-state index in [4.69, 9.17) is 0 Å². The molecule has 0 bridgehead atoms. The van der Waals surface area contributed by atoms with E-state index in [9.17, 15) is 19.5 Å². The van der Waals surface area contributed by atoms with Gasteiger partial charge < -0.3 is 9.84 Å². The molecule has 0 amide bonds. The van der Waals surface area contributed by atoms with Gasteiger partial charge in [-0.05, 0) is 24.1 Å². The van der Waals surface area contributed by atoms with Crippen LogP contribution in [0.15, 0.2) is 36.6 Å². The summed E-state index contributed by atoms with van der Waals surface area (Å²) in [6.45, 7) is 0. The van der Waals surface area contributed by atoms with Crippen LogP contribution in [0.25, 0.3) is 0 Å². The molecule has 0 aromatic heterocycles. The highest BCUT2D eigenvalue weighted by atomic mass is 16.5. The number of carbonyl (C=O) groups is 3. The number of cyclic esters (lactones) is 1. The second-order valence-corrected chi connectivity index (χ2v) is 4.21. The maximum atomic E-state index is 11.9. The summed E-state index contributed by atoms with van der Waals surface area (Å²) < 4.78 is 4.55. The van der Waals surface area contributed by atoms with Gasteiger partial charge in [0.15, 0.2) is 17.5 Å². The smallest absolute Gasteiger partial charge is 0.329 e. The molecule has 1 atom stereocenters. The molecule has 1 N–H and O–H groups in total. The number of Topliss-reactive ketones (excluding diaryl/α,β-unsaturated/α-hetero) is 1. The van der Waals surface area contributed by atoms with Crippen LogP contribution >= 0.6 is 0 Å². The lowest BCUT2D eigenvalue weighted by molar-refractivity contribution is -0.151. The Bertz CT molecular complexity index is 559. The van der Waals surface area contributed by atoms with Crippen molar-refractivity contribution >= 4 is 17.5 Å². The summed E-state index contributed by atoms with van der Waals surface area (Å²) in [6, 6.07) is 6.48. The molecule has 2 rings (SSSR count). The largest absolute Gasteiger partial charge is 0.508 e. The molecule has 19 heavy (non-hydrogen) atoms. The zero-order chi connectivity index (χ0) is 13.8. The van der Waals surface area contributed by atoms with E-state index in [1.807, 2.05) is 0 Å². The third kappa shape index (κ3) is 3.07. The Hall–Kier alpha value is -2.43. The van der Waals surface area contributed by atoms with E-state index in [-0.39, 0.29) is 12.2 Å². The number of esters is 1. The first-order valence-electron chi connectivity index (χ1n) is 5.79. The highest BCUT2D eigenvalue weighted by Crippen LogP contribution is 2.16. The molecule has 0 saturated carbocycles. The van der Waals surface area contributed by atoms with Crippen molar-refractivity contribution in [3.05, 3.63) is 42.2 Å². The molecule has 1 heterocycles. The minimum absolute atomic E-state index is 0.0444. The van der Waals surface area contributed by atoms with Crippen LogP contribution in [0.2, 0.25) is 0 Å². The van der Waals surface area contributed by atoms with Crippen LogP contribution < -0.4 is 0 Å². The first-order valence-corrected chi connectivity index (χ1v) is 5.79. The standard InChI is InChI=1S/C14H12O5/c15-10-3-1-2-9(8-10)4-5-11(16)13-12(17)6-7-19-14(13)18/h1-3,6-8,13,15H,4-5H2. The lowest BCUT2D eigenvalue weighted by atomic mass is 9.93. The van der Waals surface area contributed by atoms with Gasteiger partial charge in [-0.1, -0.05) is 12.1 Å². The number of carbonyl (C=O) groups excluding carboxylic acids is 3. The van der Waals surface area contributed by atoms with Gasteiger partial charge in [0.2, 0.25) is 0 Å². The molecule has 0 aliphatic carbocycles. The van der Waals surface area contributed by atoms with Gasteiger partial charge in [-0.15, -0.1) is 0 Å². The highest BCUT2D eigenvalue weighted by molar-refractivity contribution is 6.21. The molecule has 5 heteroatoms. The fourth-order valence-electron chi connectivity index (χ4n) is 1.86. The zero-order valence-corrected chi connectivity index (χ0v) is 10.0. The minimum Gasteiger partial charge on any atom is -0.508 e. The SMILES string of the molecule is O=C1C=COC(=O)C1C(=O)CCc1cccc(O)c1. The summed E-state index contributed by atoms with van der Waals surface area (Å²) in [4.78, 5) is 34.7. The van der Waals surface area contributed by atoms with E-state index in [2.05, 4.69) is 4.74 Å². The van der Waals surface area contributed by atoms with Crippen LogP contribution in [0.1, 0.15) is 12.0 Å². The van der Waals surface area contributed by atoms with E-state index in [1.54, 1.807) is 12.1 Å². The molecule has 0 spiro atoms. The van der Waals surface area contributed by atoms with Crippen LogP contribution in [0.4, 0.5) is 0 Å². The Morgan fingerprint density at radius 1 is 1.32 bits per heavy atom. The monoisotopic (exact) mass is 260 g/mol. The van der Waals surface area contributed by atoms with Crippen molar-refractivity contribution in [2.75, 3.05) is 0 Å². The van der Waals surface area contributed by atoms with Crippen LogP contribution in [-0.2, 0) is 25.5 Å². The summed E-state index contributed by atoms with van der Waals surface area (Å²) >= 11 is 0. The molecule has 1 aliphatic rings. The Labute approximate surface area is 109 Å². The van der Waals surface area contributed by atoms with Crippen LogP contribution in [0.5, 0.6) is 5.75 Å². The summed E-state index contributed by atoms with van der Waals surface area (Å²) in [5.74, 6) is -3.07. The number of hydrogen-bond donors (Lipinski definition) is 1. The third-order valence-corrected chi connectivity index (χ3v) is 2.83. The Morgan fingerprint density at radius 3 is 2.79 bits per heavy atom. The van der Waals surface area contributed by atoms with Gasteiger partial charge in [-0.2, -0.15) is 0 Å². The van der Waals surface area contributed by atoms with Gasteiger partial charge >= 0.3 is 5.97 Å². The Kier molecular flexibility index (Phi) is 3.75. The molecule has 1 aliphatic heterocycles. The van der Waals surface area contributed by atoms with Gasteiger partial charge in [0.05, 0.1) is 6.26 Å². The third-order valence-electron chi connectivity index (χ3n) is 2.83. The topological polar surface area (TPSA) is 80.7 Å². The molecular weight excluding hydrogens is 248 g/mol. The maximum Gasteiger partial charge on any atom is 0.329 e. The molecule has 0 radical (unpaired) electrons. The summed E-state index contributed by atoms with van der Waals surface area (Å²) in [5.41, 5.74) is 0.764. The minimum atomic E-state index is -1.35.